The Balaban J connectivity index is 2.68. The van der Waals surface area contributed by atoms with Crippen LogP contribution in [0.3, 0.4) is 0 Å². The number of hydrogen-bond acceptors (Lipinski definition) is 2. The summed E-state index contributed by atoms with van der Waals surface area (Å²) in [5.74, 6) is 0. The van der Waals surface area contributed by atoms with Crippen molar-refractivity contribution in [3.8, 4) is 0 Å². The van der Waals surface area contributed by atoms with Crippen molar-refractivity contribution in [1.82, 2.24) is 5.32 Å². The van der Waals surface area contributed by atoms with Crippen molar-refractivity contribution in [2.24, 2.45) is 0 Å². The van der Waals surface area contributed by atoms with Crippen molar-refractivity contribution >= 4 is 5.69 Å². The normalized spacial score (nSPS) is 46.5. The van der Waals surface area contributed by atoms with Gasteiger partial charge in [0.25, 0.3) is 0 Å². The van der Waals surface area contributed by atoms with Gasteiger partial charge in [-0.1, -0.05) is 12.1 Å². The molecular weight excluding hydrogens is 160 g/mol. The Bertz CT molecular complexity index is 611. The van der Waals surface area contributed by atoms with Gasteiger partial charge in [-0.2, -0.15) is 0 Å². The molecule has 0 unspecified atom stereocenters. The molecule has 1 aromatic rings. The third kappa shape index (κ3) is 2.01. The summed E-state index contributed by atoms with van der Waals surface area (Å²) >= 11 is 0. The average Bonchev–Trinajstić information content (AvgIpc) is 2.34. The minimum absolute atomic E-state index is 0.189. The zero-order valence-corrected chi connectivity index (χ0v) is 6.76. The van der Waals surface area contributed by atoms with Gasteiger partial charge in [0.15, 0.2) is 0 Å². The summed E-state index contributed by atoms with van der Waals surface area (Å²) in [6.45, 7) is -14.4. The number of aryl methyl sites for hydroxylation is 1. The van der Waals surface area contributed by atoms with Crippen molar-refractivity contribution in [1.29, 1.82) is 0 Å². The SMILES string of the molecule is [2H]C([2H])([2H])c1cccc(N2C([2H])([2H])C([2H])([2H])NC([2H])([2H])C2([2H])[2H])c1. The summed E-state index contributed by atoms with van der Waals surface area (Å²) in [6, 6.07) is 4.76. The number of nitrogens with zero attached hydrogens (tertiary/aromatic N) is 1. The zero-order chi connectivity index (χ0) is 18.8. The minimum Gasteiger partial charge on any atom is -0.369 e. The Morgan fingerprint density at radius 2 is 2.31 bits per heavy atom. The monoisotopic (exact) mass is 187 g/mol. The van der Waals surface area contributed by atoms with Crippen LogP contribution in [0.1, 0.15) is 20.6 Å². The first kappa shape index (κ1) is 2.51. The maximum atomic E-state index is 7.99. The molecule has 1 aliphatic heterocycles. The molecule has 13 heavy (non-hydrogen) atoms. The van der Waals surface area contributed by atoms with Gasteiger partial charge in [0.1, 0.15) is 0 Å². The van der Waals surface area contributed by atoms with Crippen LogP contribution in [0.4, 0.5) is 5.69 Å². The fourth-order valence-electron chi connectivity index (χ4n) is 1.00. The first-order valence-electron chi connectivity index (χ1n) is 9.24. The smallest absolute Gasteiger partial charge is 0.0506 e. The maximum Gasteiger partial charge on any atom is 0.0506 e. The highest BCUT2D eigenvalue weighted by atomic mass is 15.2. The molecule has 1 saturated heterocycles. The Kier molecular flexibility index (Phi) is 0.733. The van der Waals surface area contributed by atoms with Gasteiger partial charge in [-0.15, -0.1) is 0 Å². The number of hydrogen-bond donors (Lipinski definition) is 1. The molecule has 1 fully saturated rings. The lowest BCUT2D eigenvalue weighted by Crippen LogP contribution is -2.43. The molecule has 1 aromatic carbocycles. The van der Waals surface area contributed by atoms with E-state index in [9.17, 15) is 0 Å². The third-order valence-corrected chi connectivity index (χ3v) is 1.56. The fourth-order valence-corrected chi connectivity index (χ4v) is 1.00. The molecule has 1 heterocycles. The first-order chi connectivity index (χ1) is 10.5. The van der Waals surface area contributed by atoms with Crippen LogP contribution >= 0.6 is 0 Å². The van der Waals surface area contributed by atoms with Gasteiger partial charge in [-0.3, -0.25) is 0 Å². The van der Waals surface area contributed by atoms with Crippen LogP contribution in [0.2, 0.25) is 0 Å². The second-order valence-electron chi connectivity index (χ2n) is 2.48. The quantitative estimate of drug-likeness (QED) is 0.715. The molecule has 0 saturated carbocycles. The lowest BCUT2D eigenvalue weighted by Gasteiger charge is -2.29. The largest absolute Gasteiger partial charge is 0.369 e. The lowest BCUT2D eigenvalue weighted by molar-refractivity contribution is 0.589. The average molecular weight is 187 g/mol. The van der Waals surface area contributed by atoms with Crippen LogP contribution in [0.15, 0.2) is 24.3 Å². The van der Waals surface area contributed by atoms with E-state index < -0.39 is 32.8 Å². The van der Waals surface area contributed by atoms with Gasteiger partial charge in [0.05, 0.1) is 5.48 Å². The second kappa shape index (κ2) is 3.79. The molecule has 0 aliphatic carbocycles. The summed E-state index contributed by atoms with van der Waals surface area (Å²) in [5.41, 5.74) is -0.459. The van der Waals surface area contributed by atoms with Crippen LogP contribution in [-0.4, -0.2) is 26.0 Å². The predicted molar refractivity (Wildman–Crippen MR) is 56.3 cm³/mol. The molecule has 0 bridgehead atoms. The van der Waals surface area contributed by atoms with Crippen molar-refractivity contribution in [3.05, 3.63) is 29.8 Å². The Hall–Kier alpha value is -1.02. The summed E-state index contributed by atoms with van der Waals surface area (Å²) in [5, 5.41) is 1.72. The molecule has 0 aromatic heterocycles. The summed E-state index contributed by atoms with van der Waals surface area (Å²) < 4.78 is 85.1. The van der Waals surface area contributed by atoms with Gasteiger partial charge in [0, 0.05) is 41.3 Å². The van der Waals surface area contributed by atoms with Crippen LogP contribution in [0, 0.1) is 6.85 Å². The van der Waals surface area contributed by atoms with Crippen LogP contribution < -0.4 is 10.2 Å². The summed E-state index contributed by atoms with van der Waals surface area (Å²) in [7, 11) is 0. The second-order valence-corrected chi connectivity index (χ2v) is 2.48. The Labute approximate surface area is 95.0 Å². The molecule has 0 amide bonds. The van der Waals surface area contributed by atoms with E-state index in [1.165, 1.54) is 18.2 Å². The van der Waals surface area contributed by atoms with Crippen molar-refractivity contribution in [2.75, 3.05) is 30.9 Å². The predicted octanol–water partition coefficient (Wildman–Crippen LogP) is 1.40. The van der Waals surface area contributed by atoms with Gasteiger partial charge in [-0.05, 0) is 24.5 Å². The van der Waals surface area contributed by atoms with E-state index in [-0.39, 0.29) is 11.3 Å². The minimum atomic E-state index is -2.99. The van der Waals surface area contributed by atoms with Gasteiger partial charge in [-0.25, -0.2) is 0 Å². The molecule has 2 heteroatoms. The van der Waals surface area contributed by atoms with Crippen LogP contribution in [0.5, 0.6) is 0 Å². The topological polar surface area (TPSA) is 15.3 Å². The van der Waals surface area contributed by atoms with E-state index in [2.05, 4.69) is 0 Å². The van der Waals surface area contributed by atoms with E-state index >= 15 is 0 Å². The molecular formula is C11H16N2. The van der Waals surface area contributed by atoms with E-state index in [0.29, 0.717) is 4.90 Å². The van der Waals surface area contributed by atoms with Crippen molar-refractivity contribution in [3.63, 3.8) is 0 Å². The number of nitrogens with one attached hydrogen (secondary N) is 1. The lowest BCUT2D eigenvalue weighted by atomic mass is 10.2. The molecule has 0 spiro atoms. The van der Waals surface area contributed by atoms with Gasteiger partial charge >= 0.3 is 0 Å². The van der Waals surface area contributed by atoms with Gasteiger partial charge < -0.3 is 10.2 Å². The third-order valence-electron chi connectivity index (χ3n) is 1.56. The Morgan fingerprint density at radius 1 is 1.46 bits per heavy atom. The molecule has 0 radical (unpaired) electrons. The highest BCUT2D eigenvalue weighted by Crippen LogP contribution is 2.15. The van der Waals surface area contributed by atoms with Crippen molar-refractivity contribution < 1.29 is 15.1 Å². The molecule has 2 nitrogen and oxygen atoms in total. The maximum absolute atomic E-state index is 7.99. The Morgan fingerprint density at radius 3 is 3.08 bits per heavy atom. The van der Waals surface area contributed by atoms with Crippen LogP contribution in [0.25, 0.3) is 0 Å². The zero-order valence-electron chi connectivity index (χ0n) is 17.8. The summed E-state index contributed by atoms with van der Waals surface area (Å²) in [4.78, 5) is 0.311. The molecule has 1 N–H and O–H groups in total. The highest BCUT2D eigenvalue weighted by molar-refractivity contribution is 5.48. The number of piperazine rings is 1. The van der Waals surface area contributed by atoms with E-state index in [0.717, 1.165) is 6.07 Å². The van der Waals surface area contributed by atoms with Crippen molar-refractivity contribution in [2.45, 2.75) is 6.85 Å². The molecule has 70 valence electrons. The molecule has 2 rings (SSSR count). The van der Waals surface area contributed by atoms with E-state index in [4.69, 9.17) is 15.1 Å². The fraction of sp³-hybridized carbons (Fsp3) is 0.455. The summed E-state index contributed by atoms with van der Waals surface area (Å²) in [6.07, 6.45) is 0. The molecule has 1 aliphatic rings. The van der Waals surface area contributed by atoms with E-state index in [1.54, 1.807) is 5.32 Å². The number of rotatable bonds is 1. The van der Waals surface area contributed by atoms with E-state index in [1.807, 2.05) is 0 Å². The standard InChI is InChI=1S/C11H16N2/c1-10-3-2-4-11(9-10)13-7-5-12-6-8-13/h2-4,9,12H,5-8H2,1H3/i1D3,5D2,6D2,7D2,8D2. The molecule has 0 atom stereocenters. The first-order valence-corrected chi connectivity index (χ1v) is 3.74. The van der Waals surface area contributed by atoms with Crippen LogP contribution in [-0.2, 0) is 0 Å². The highest BCUT2D eigenvalue weighted by Gasteiger charge is 2.09. The number of benzene rings is 1. The number of anilines is 1. The van der Waals surface area contributed by atoms with Gasteiger partial charge in [0.2, 0.25) is 0 Å².